The summed E-state index contributed by atoms with van der Waals surface area (Å²) < 4.78 is 5.29. The predicted octanol–water partition coefficient (Wildman–Crippen LogP) is 2.33. The van der Waals surface area contributed by atoms with Gasteiger partial charge in [-0.1, -0.05) is 6.08 Å². The van der Waals surface area contributed by atoms with Crippen molar-refractivity contribution in [3.8, 4) is 10.8 Å². The van der Waals surface area contributed by atoms with Crippen LogP contribution in [0.5, 0.6) is 0 Å². The summed E-state index contributed by atoms with van der Waals surface area (Å²) in [5.74, 6) is 0.445. The lowest BCUT2D eigenvalue weighted by molar-refractivity contribution is 0.0737. The van der Waals surface area contributed by atoms with Crippen LogP contribution in [0, 0.1) is 6.92 Å². The van der Waals surface area contributed by atoms with Crippen molar-refractivity contribution in [2.24, 2.45) is 0 Å². The molecule has 5 nitrogen and oxygen atoms in total. The molecule has 0 aromatic carbocycles. The molecular formula is C14H16N2O3S. The third-order valence-corrected chi connectivity index (χ3v) is 3.72. The SMILES string of the molecule is C=CCN(CCO)C(=O)c1nc(-c2ccco2)sc1C. The molecule has 1 amide bonds. The Morgan fingerprint density at radius 3 is 3.05 bits per heavy atom. The summed E-state index contributed by atoms with van der Waals surface area (Å²) in [4.78, 5) is 19.1. The van der Waals surface area contributed by atoms with Gasteiger partial charge in [0.1, 0.15) is 5.69 Å². The van der Waals surface area contributed by atoms with Gasteiger partial charge in [-0.05, 0) is 19.1 Å². The topological polar surface area (TPSA) is 66.6 Å². The lowest BCUT2D eigenvalue weighted by Gasteiger charge is -2.18. The Morgan fingerprint density at radius 1 is 1.65 bits per heavy atom. The average Bonchev–Trinajstić information content (AvgIpc) is 3.06. The van der Waals surface area contributed by atoms with E-state index in [0.29, 0.717) is 23.0 Å². The fourth-order valence-electron chi connectivity index (χ4n) is 1.80. The molecule has 2 rings (SSSR count). The van der Waals surface area contributed by atoms with E-state index in [2.05, 4.69) is 11.6 Å². The van der Waals surface area contributed by atoms with E-state index in [1.165, 1.54) is 16.2 Å². The average molecular weight is 292 g/mol. The van der Waals surface area contributed by atoms with Crippen LogP contribution in [-0.2, 0) is 0 Å². The van der Waals surface area contributed by atoms with Crippen LogP contribution in [-0.4, -0.2) is 40.6 Å². The number of carbonyl (C=O) groups is 1. The molecule has 20 heavy (non-hydrogen) atoms. The maximum absolute atomic E-state index is 12.4. The van der Waals surface area contributed by atoms with Crippen LogP contribution in [0.25, 0.3) is 10.8 Å². The number of thiazole rings is 1. The van der Waals surface area contributed by atoms with E-state index >= 15 is 0 Å². The van der Waals surface area contributed by atoms with Crippen LogP contribution in [0.1, 0.15) is 15.4 Å². The van der Waals surface area contributed by atoms with Gasteiger partial charge >= 0.3 is 0 Å². The molecule has 0 saturated carbocycles. The number of aliphatic hydroxyl groups excluding tert-OH is 1. The zero-order chi connectivity index (χ0) is 14.5. The Bertz CT molecular complexity index is 590. The molecule has 6 heteroatoms. The van der Waals surface area contributed by atoms with Crippen molar-refractivity contribution in [1.29, 1.82) is 0 Å². The van der Waals surface area contributed by atoms with E-state index in [1.54, 1.807) is 18.4 Å². The third kappa shape index (κ3) is 2.97. The second kappa shape index (κ2) is 6.49. The predicted molar refractivity (Wildman–Crippen MR) is 77.7 cm³/mol. The zero-order valence-corrected chi connectivity index (χ0v) is 12.0. The molecule has 0 atom stereocenters. The first-order valence-electron chi connectivity index (χ1n) is 6.19. The molecule has 0 aliphatic heterocycles. The van der Waals surface area contributed by atoms with Crippen LogP contribution >= 0.6 is 11.3 Å². The van der Waals surface area contributed by atoms with Gasteiger partial charge < -0.3 is 14.4 Å². The monoisotopic (exact) mass is 292 g/mol. The van der Waals surface area contributed by atoms with E-state index < -0.39 is 0 Å². The molecule has 0 unspecified atom stereocenters. The van der Waals surface area contributed by atoms with Crippen molar-refractivity contribution >= 4 is 17.2 Å². The Balaban J connectivity index is 2.27. The fourth-order valence-corrected chi connectivity index (χ4v) is 2.68. The number of aliphatic hydroxyl groups is 1. The Labute approximate surface area is 121 Å². The number of amides is 1. The van der Waals surface area contributed by atoms with Gasteiger partial charge in [-0.15, -0.1) is 17.9 Å². The van der Waals surface area contributed by atoms with E-state index in [9.17, 15) is 4.79 Å². The first-order valence-corrected chi connectivity index (χ1v) is 7.01. The summed E-state index contributed by atoms with van der Waals surface area (Å²) in [6.07, 6.45) is 3.20. The maximum Gasteiger partial charge on any atom is 0.273 e. The summed E-state index contributed by atoms with van der Waals surface area (Å²) in [5, 5.41) is 9.70. The minimum atomic E-state index is -0.203. The number of carbonyl (C=O) groups excluding carboxylic acids is 1. The summed E-state index contributed by atoms with van der Waals surface area (Å²) in [5.41, 5.74) is 0.400. The minimum Gasteiger partial charge on any atom is -0.462 e. The van der Waals surface area contributed by atoms with Gasteiger partial charge in [0, 0.05) is 18.0 Å². The van der Waals surface area contributed by atoms with Crippen LogP contribution in [0.2, 0.25) is 0 Å². The standard InChI is InChI=1S/C14H16N2O3S/c1-3-6-16(7-8-17)14(18)12-10(2)20-13(15-12)11-5-4-9-19-11/h3-5,9,17H,1,6-8H2,2H3. The van der Waals surface area contributed by atoms with Gasteiger partial charge in [0.05, 0.1) is 12.9 Å². The third-order valence-electron chi connectivity index (χ3n) is 2.74. The summed E-state index contributed by atoms with van der Waals surface area (Å²) in [6.45, 7) is 6.02. The van der Waals surface area contributed by atoms with Gasteiger partial charge in [0.15, 0.2) is 10.8 Å². The van der Waals surface area contributed by atoms with Crippen molar-refractivity contribution in [2.45, 2.75) is 6.92 Å². The highest BCUT2D eigenvalue weighted by Crippen LogP contribution is 2.28. The first-order chi connectivity index (χ1) is 9.67. The fraction of sp³-hybridized carbons (Fsp3) is 0.286. The summed E-state index contributed by atoms with van der Waals surface area (Å²) in [6, 6.07) is 3.59. The van der Waals surface area contributed by atoms with Gasteiger partial charge in [-0.25, -0.2) is 4.98 Å². The summed E-state index contributed by atoms with van der Waals surface area (Å²) >= 11 is 1.41. The smallest absolute Gasteiger partial charge is 0.273 e. The van der Waals surface area contributed by atoms with Crippen molar-refractivity contribution in [1.82, 2.24) is 9.88 Å². The minimum absolute atomic E-state index is 0.0895. The lowest BCUT2D eigenvalue weighted by Crippen LogP contribution is -2.34. The molecule has 0 aliphatic carbocycles. The normalized spacial score (nSPS) is 10.5. The lowest BCUT2D eigenvalue weighted by atomic mass is 10.3. The largest absolute Gasteiger partial charge is 0.462 e. The maximum atomic E-state index is 12.4. The molecule has 0 fully saturated rings. The number of nitrogens with zero attached hydrogens (tertiary/aromatic N) is 2. The number of hydrogen-bond donors (Lipinski definition) is 1. The highest BCUT2D eigenvalue weighted by atomic mass is 32.1. The Morgan fingerprint density at radius 2 is 2.45 bits per heavy atom. The van der Waals surface area contributed by atoms with Gasteiger partial charge in [0.25, 0.3) is 5.91 Å². The van der Waals surface area contributed by atoms with E-state index in [-0.39, 0.29) is 19.1 Å². The van der Waals surface area contributed by atoms with Crippen molar-refractivity contribution in [3.05, 3.63) is 41.6 Å². The van der Waals surface area contributed by atoms with Crippen molar-refractivity contribution in [2.75, 3.05) is 19.7 Å². The molecular weight excluding hydrogens is 276 g/mol. The van der Waals surface area contributed by atoms with E-state index in [1.807, 2.05) is 13.0 Å². The van der Waals surface area contributed by atoms with Gasteiger partial charge in [-0.3, -0.25) is 4.79 Å². The Hall–Kier alpha value is -1.92. The molecule has 2 aromatic heterocycles. The van der Waals surface area contributed by atoms with Crippen molar-refractivity contribution < 1.29 is 14.3 Å². The number of furan rings is 1. The van der Waals surface area contributed by atoms with E-state index in [0.717, 1.165) is 4.88 Å². The first kappa shape index (κ1) is 14.5. The summed E-state index contributed by atoms with van der Waals surface area (Å²) in [7, 11) is 0. The number of aromatic nitrogens is 1. The molecule has 0 radical (unpaired) electrons. The number of aryl methyl sites for hydroxylation is 1. The number of rotatable bonds is 6. The second-order valence-electron chi connectivity index (χ2n) is 4.16. The van der Waals surface area contributed by atoms with Crippen LogP contribution in [0.4, 0.5) is 0 Å². The molecule has 2 aromatic rings. The van der Waals surface area contributed by atoms with Gasteiger partial charge in [-0.2, -0.15) is 0 Å². The molecule has 0 bridgehead atoms. The zero-order valence-electron chi connectivity index (χ0n) is 11.2. The molecule has 1 N–H and O–H groups in total. The highest BCUT2D eigenvalue weighted by Gasteiger charge is 2.21. The molecule has 0 spiro atoms. The van der Waals surface area contributed by atoms with Crippen LogP contribution in [0.3, 0.4) is 0 Å². The van der Waals surface area contributed by atoms with Gasteiger partial charge in [0.2, 0.25) is 0 Å². The van der Waals surface area contributed by atoms with E-state index in [4.69, 9.17) is 9.52 Å². The Kier molecular flexibility index (Phi) is 4.70. The number of hydrogen-bond acceptors (Lipinski definition) is 5. The molecule has 2 heterocycles. The highest BCUT2D eigenvalue weighted by molar-refractivity contribution is 7.15. The second-order valence-corrected chi connectivity index (χ2v) is 5.37. The molecule has 0 saturated heterocycles. The van der Waals surface area contributed by atoms with Crippen molar-refractivity contribution in [3.63, 3.8) is 0 Å². The van der Waals surface area contributed by atoms with Crippen LogP contribution in [0.15, 0.2) is 35.5 Å². The molecule has 0 aliphatic rings. The van der Waals surface area contributed by atoms with Crippen LogP contribution < -0.4 is 0 Å². The molecule has 106 valence electrons. The quantitative estimate of drug-likeness (QED) is 0.830.